The van der Waals surface area contributed by atoms with Crippen LogP contribution >= 0.6 is 0 Å². The summed E-state index contributed by atoms with van der Waals surface area (Å²) in [4.78, 5) is 19.8. The number of carbonyl (C=O) groups excluding carboxylic acids is 1. The molecule has 0 saturated heterocycles. The minimum atomic E-state index is -0.833. The average molecular weight is 211 g/mol. The Hall–Kier alpha value is -2.04. The molecule has 0 atom stereocenters. The van der Waals surface area contributed by atoms with Gasteiger partial charge in [0, 0.05) is 24.2 Å². The second kappa shape index (κ2) is 5.64. The molecule has 82 valence electrons. The maximum Gasteiger partial charge on any atom is 0.300 e. The number of hydrogen-bond donors (Lipinski definition) is 3. The van der Waals surface area contributed by atoms with Crippen LogP contribution in [-0.2, 0) is 4.79 Å². The summed E-state index contributed by atoms with van der Waals surface area (Å²) in [6, 6.07) is 4.30. The van der Waals surface area contributed by atoms with E-state index >= 15 is 0 Å². The SMILES string of the molecule is CC(=O)O.CC(=O)c1ccc(O)cc1N. The molecule has 0 spiro atoms. The molecule has 1 rings (SSSR count). The first kappa shape index (κ1) is 13.0. The third-order valence-corrected chi connectivity index (χ3v) is 1.41. The summed E-state index contributed by atoms with van der Waals surface area (Å²) in [6.07, 6.45) is 0. The Morgan fingerprint density at radius 1 is 1.27 bits per heavy atom. The predicted molar refractivity (Wildman–Crippen MR) is 55.8 cm³/mol. The third kappa shape index (κ3) is 5.30. The van der Waals surface area contributed by atoms with Gasteiger partial charge in [0.05, 0.1) is 0 Å². The highest BCUT2D eigenvalue weighted by Gasteiger charge is 2.03. The smallest absolute Gasteiger partial charge is 0.300 e. The van der Waals surface area contributed by atoms with E-state index in [1.165, 1.54) is 25.1 Å². The third-order valence-electron chi connectivity index (χ3n) is 1.41. The van der Waals surface area contributed by atoms with E-state index in [2.05, 4.69) is 0 Å². The molecule has 1 aromatic carbocycles. The van der Waals surface area contributed by atoms with Crippen LogP contribution in [0.15, 0.2) is 18.2 Å². The van der Waals surface area contributed by atoms with Crippen LogP contribution in [0.1, 0.15) is 24.2 Å². The number of aliphatic carboxylic acids is 1. The monoisotopic (exact) mass is 211 g/mol. The number of aromatic hydroxyl groups is 1. The van der Waals surface area contributed by atoms with E-state index in [0.717, 1.165) is 6.92 Å². The normalized spacial score (nSPS) is 8.67. The summed E-state index contributed by atoms with van der Waals surface area (Å²) in [5.74, 6) is -0.852. The lowest BCUT2D eigenvalue weighted by molar-refractivity contribution is -0.134. The van der Waals surface area contributed by atoms with E-state index < -0.39 is 5.97 Å². The molecule has 5 heteroatoms. The minimum Gasteiger partial charge on any atom is -0.508 e. The number of carbonyl (C=O) groups is 2. The molecular weight excluding hydrogens is 198 g/mol. The molecule has 0 aliphatic carbocycles. The lowest BCUT2D eigenvalue weighted by Crippen LogP contribution is -1.98. The highest BCUT2D eigenvalue weighted by Crippen LogP contribution is 2.18. The van der Waals surface area contributed by atoms with E-state index in [4.69, 9.17) is 20.7 Å². The van der Waals surface area contributed by atoms with Crippen LogP contribution in [0.4, 0.5) is 5.69 Å². The number of carboxylic acids is 1. The van der Waals surface area contributed by atoms with Gasteiger partial charge in [0.2, 0.25) is 0 Å². The molecule has 0 radical (unpaired) electrons. The van der Waals surface area contributed by atoms with Crippen LogP contribution in [0.25, 0.3) is 0 Å². The van der Waals surface area contributed by atoms with Gasteiger partial charge in [0.1, 0.15) is 5.75 Å². The Bertz CT molecular complexity index is 370. The molecule has 0 heterocycles. The molecule has 0 aliphatic rings. The molecule has 0 bridgehead atoms. The fourth-order valence-electron chi connectivity index (χ4n) is 0.871. The summed E-state index contributed by atoms with van der Waals surface area (Å²) in [6.45, 7) is 2.52. The van der Waals surface area contributed by atoms with Gasteiger partial charge in [-0.15, -0.1) is 0 Å². The van der Waals surface area contributed by atoms with Gasteiger partial charge < -0.3 is 15.9 Å². The van der Waals surface area contributed by atoms with Gasteiger partial charge in [0.15, 0.2) is 5.78 Å². The number of phenols is 1. The largest absolute Gasteiger partial charge is 0.508 e. The molecule has 0 amide bonds. The zero-order chi connectivity index (χ0) is 12.0. The summed E-state index contributed by atoms with van der Waals surface area (Å²) in [7, 11) is 0. The Labute approximate surface area is 87.1 Å². The topological polar surface area (TPSA) is 101 Å². The van der Waals surface area contributed by atoms with Crippen molar-refractivity contribution in [3.8, 4) is 5.75 Å². The Morgan fingerprint density at radius 3 is 2.07 bits per heavy atom. The first-order valence-electron chi connectivity index (χ1n) is 4.13. The van der Waals surface area contributed by atoms with Crippen LogP contribution in [0.2, 0.25) is 0 Å². The van der Waals surface area contributed by atoms with Crippen LogP contribution in [0, 0.1) is 0 Å². The molecule has 15 heavy (non-hydrogen) atoms. The van der Waals surface area contributed by atoms with Crippen LogP contribution in [0.5, 0.6) is 5.75 Å². The summed E-state index contributed by atoms with van der Waals surface area (Å²) < 4.78 is 0. The molecule has 0 saturated carbocycles. The van der Waals surface area contributed by atoms with E-state index in [-0.39, 0.29) is 11.5 Å². The average Bonchev–Trinajstić information content (AvgIpc) is 2.01. The molecule has 5 nitrogen and oxygen atoms in total. The molecule has 0 aliphatic heterocycles. The van der Waals surface area contributed by atoms with Crippen LogP contribution in [0.3, 0.4) is 0 Å². The molecular formula is C10H13NO4. The Balaban J connectivity index is 0.000000423. The van der Waals surface area contributed by atoms with E-state index in [1.807, 2.05) is 0 Å². The van der Waals surface area contributed by atoms with Crippen molar-refractivity contribution in [2.24, 2.45) is 0 Å². The number of Topliss-reactive ketones (excluding diaryl/α,β-unsaturated/α-hetero) is 1. The zero-order valence-electron chi connectivity index (χ0n) is 8.52. The maximum absolute atomic E-state index is 10.8. The Kier molecular flexibility index (Phi) is 4.87. The number of rotatable bonds is 1. The van der Waals surface area contributed by atoms with Gasteiger partial charge in [-0.1, -0.05) is 0 Å². The Morgan fingerprint density at radius 2 is 1.73 bits per heavy atom. The van der Waals surface area contributed by atoms with Gasteiger partial charge in [-0.3, -0.25) is 9.59 Å². The lowest BCUT2D eigenvalue weighted by atomic mass is 10.1. The number of benzene rings is 1. The minimum absolute atomic E-state index is 0.0764. The first-order valence-corrected chi connectivity index (χ1v) is 4.13. The number of ketones is 1. The van der Waals surface area contributed by atoms with Gasteiger partial charge in [0.25, 0.3) is 5.97 Å². The van der Waals surface area contributed by atoms with Crippen molar-refractivity contribution >= 4 is 17.4 Å². The van der Waals surface area contributed by atoms with Gasteiger partial charge >= 0.3 is 0 Å². The second-order valence-corrected chi connectivity index (χ2v) is 2.85. The van der Waals surface area contributed by atoms with E-state index in [0.29, 0.717) is 11.3 Å². The number of nitrogen functional groups attached to an aromatic ring is 1. The number of hydrogen-bond acceptors (Lipinski definition) is 4. The van der Waals surface area contributed by atoms with Crippen molar-refractivity contribution in [3.05, 3.63) is 23.8 Å². The van der Waals surface area contributed by atoms with E-state index in [9.17, 15) is 4.79 Å². The van der Waals surface area contributed by atoms with Gasteiger partial charge in [-0.25, -0.2) is 0 Å². The predicted octanol–water partition coefficient (Wildman–Crippen LogP) is 1.27. The van der Waals surface area contributed by atoms with Crippen LogP contribution < -0.4 is 5.73 Å². The number of carboxylic acid groups (broad SMARTS) is 1. The molecule has 0 unspecified atom stereocenters. The highest BCUT2D eigenvalue weighted by atomic mass is 16.4. The van der Waals surface area contributed by atoms with Crippen molar-refractivity contribution in [1.29, 1.82) is 0 Å². The van der Waals surface area contributed by atoms with Crippen molar-refractivity contribution in [1.82, 2.24) is 0 Å². The summed E-state index contributed by atoms with van der Waals surface area (Å²) in [5, 5.41) is 16.3. The second-order valence-electron chi connectivity index (χ2n) is 2.85. The lowest BCUT2D eigenvalue weighted by Gasteiger charge is -2.00. The number of anilines is 1. The maximum atomic E-state index is 10.8. The fourth-order valence-corrected chi connectivity index (χ4v) is 0.871. The van der Waals surface area contributed by atoms with Crippen LogP contribution in [-0.4, -0.2) is 22.0 Å². The van der Waals surface area contributed by atoms with Crippen molar-refractivity contribution in [2.75, 3.05) is 5.73 Å². The van der Waals surface area contributed by atoms with Gasteiger partial charge in [-0.2, -0.15) is 0 Å². The summed E-state index contributed by atoms with van der Waals surface area (Å²) >= 11 is 0. The highest BCUT2D eigenvalue weighted by molar-refractivity contribution is 5.99. The number of phenolic OH excluding ortho intramolecular Hbond substituents is 1. The van der Waals surface area contributed by atoms with E-state index in [1.54, 1.807) is 0 Å². The van der Waals surface area contributed by atoms with Crippen molar-refractivity contribution < 1.29 is 19.8 Å². The molecule has 0 fully saturated rings. The van der Waals surface area contributed by atoms with Crippen molar-refractivity contribution in [3.63, 3.8) is 0 Å². The molecule has 0 aromatic heterocycles. The standard InChI is InChI=1S/C8H9NO2.C2H4O2/c1-5(10)7-3-2-6(11)4-8(7)9;1-2(3)4/h2-4,11H,9H2,1H3;1H3,(H,3,4). The first-order chi connectivity index (χ1) is 6.84. The fraction of sp³-hybridized carbons (Fsp3) is 0.200. The quantitative estimate of drug-likeness (QED) is 0.479. The number of nitrogens with two attached hydrogens (primary N) is 1. The zero-order valence-corrected chi connectivity index (χ0v) is 8.52. The van der Waals surface area contributed by atoms with Crippen molar-refractivity contribution in [2.45, 2.75) is 13.8 Å². The molecule has 4 N–H and O–H groups in total. The summed E-state index contributed by atoms with van der Waals surface area (Å²) in [5.41, 5.74) is 6.21. The molecule has 1 aromatic rings. The van der Waals surface area contributed by atoms with Gasteiger partial charge in [-0.05, 0) is 19.1 Å².